The van der Waals surface area contributed by atoms with Crippen molar-refractivity contribution in [3.63, 3.8) is 0 Å². The third-order valence-electron chi connectivity index (χ3n) is 6.95. The van der Waals surface area contributed by atoms with E-state index in [1.807, 2.05) is 6.07 Å². The normalized spacial score (nSPS) is 28.4. The fraction of sp³-hybridized carbons (Fsp3) is 0.545. The topological polar surface area (TPSA) is 122 Å². The van der Waals surface area contributed by atoms with Crippen molar-refractivity contribution in [1.82, 2.24) is 15.1 Å². The Balaban J connectivity index is 1.33. The van der Waals surface area contributed by atoms with Crippen LogP contribution in [0, 0.1) is 0 Å². The monoisotopic (exact) mass is 426 g/mol. The molecular weight excluding hydrogens is 400 g/mol. The minimum atomic E-state index is -0.948. The summed E-state index contributed by atoms with van der Waals surface area (Å²) in [6, 6.07) is 4.42. The van der Waals surface area contributed by atoms with Gasteiger partial charge in [0.15, 0.2) is 0 Å². The van der Waals surface area contributed by atoms with Crippen molar-refractivity contribution < 1.29 is 23.9 Å². The van der Waals surface area contributed by atoms with Crippen molar-refractivity contribution in [2.75, 3.05) is 19.7 Å². The van der Waals surface area contributed by atoms with Gasteiger partial charge in [0.2, 0.25) is 11.8 Å². The van der Waals surface area contributed by atoms with Crippen LogP contribution in [-0.2, 0) is 20.9 Å². The minimum Gasteiger partial charge on any atom is -0.373 e. The van der Waals surface area contributed by atoms with Crippen LogP contribution in [-0.4, -0.2) is 70.8 Å². The van der Waals surface area contributed by atoms with Crippen LogP contribution >= 0.6 is 0 Å². The van der Waals surface area contributed by atoms with Crippen molar-refractivity contribution in [3.8, 4) is 0 Å². The van der Waals surface area contributed by atoms with Gasteiger partial charge in [-0.25, -0.2) is 0 Å². The summed E-state index contributed by atoms with van der Waals surface area (Å²) in [6.07, 6.45) is 2.94. The van der Waals surface area contributed by atoms with Crippen LogP contribution in [0.15, 0.2) is 18.2 Å². The number of likely N-dealkylation sites (tertiary alicyclic amines) is 1. The molecule has 3 fully saturated rings. The lowest BCUT2D eigenvalue weighted by Gasteiger charge is -2.38. The highest BCUT2D eigenvalue weighted by molar-refractivity contribution is 6.24. The molecule has 3 N–H and O–H groups in total. The molecule has 3 saturated heterocycles. The largest absolute Gasteiger partial charge is 0.373 e. The average molecular weight is 426 g/mol. The summed E-state index contributed by atoms with van der Waals surface area (Å²) in [7, 11) is 0. The number of nitrogens with zero attached hydrogens (tertiary/aromatic N) is 2. The maximum Gasteiger partial charge on any atom is 0.262 e. The van der Waals surface area contributed by atoms with Gasteiger partial charge in [-0.05, 0) is 37.3 Å². The molecule has 4 aliphatic heterocycles. The van der Waals surface area contributed by atoms with E-state index in [0.29, 0.717) is 24.3 Å². The van der Waals surface area contributed by atoms with Crippen LogP contribution < -0.4 is 11.1 Å². The number of hydrogen-bond donors (Lipinski definition) is 2. The van der Waals surface area contributed by atoms with Crippen LogP contribution in [0.4, 0.5) is 0 Å². The zero-order valence-corrected chi connectivity index (χ0v) is 17.3. The molecule has 5 rings (SSSR count). The molecule has 4 aliphatic rings. The van der Waals surface area contributed by atoms with Crippen molar-refractivity contribution in [3.05, 3.63) is 34.9 Å². The van der Waals surface area contributed by atoms with Crippen LogP contribution in [0.1, 0.15) is 58.4 Å². The van der Waals surface area contributed by atoms with E-state index in [-0.39, 0.29) is 30.4 Å². The first kappa shape index (κ1) is 20.3. The third kappa shape index (κ3) is 3.46. The molecule has 0 saturated carbocycles. The van der Waals surface area contributed by atoms with Crippen molar-refractivity contribution in [2.45, 2.75) is 56.3 Å². The molecule has 1 spiro atoms. The number of benzene rings is 1. The molecule has 2 unspecified atom stereocenters. The Labute approximate surface area is 179 Å². The van der Waals surface area contributed by atoms with Crippen molar-refractivity contribution >= 4 is 23.6 Å². The van der Waals surface area contributed by atoms with Gasteiger partial charge in [0.25, 0.3) is 11.8 Å². The molecular formula is C22H26N4O5. The smallest absolute Gasteiger partial charge is 0.262 e. The predicted molar refractivity (Wildman–Crippen MR) is 109 cm³/mol. The highest BCUT2D eigenvalue weighted by Gasteiger charge is 2.46. The first-order chi connectivity index (χ1) is 14.9. The van der Waals surface area contributed by atoms with E-state index in [4.69, 9.17) is 10.5 Å². The van der Waals surface area contributed by atoms with E-state index in [1.165, 1.54) is 0 Å². The van der Waals surface area contributed by atoms with E-state index < -0.39 is 23.8 Å². The van der Waals surface area contributed by atoms with Crippen LogP contribution in [0.2, 0.25) is 0 Å². The predicted octanol–water partition coefficient (Wildman–Crippen LogP) is 0.170. The van der Waals surface area contributed by atoms with Crippen LogP contribution in [0.5, 0.6) is 0 Å². The number of rotatable bonds is 3. The summed E-state index contributed by atoms with van der Waals surface area (Å²) in [6.45, 7) is 2.82. The summed E-state index contributed by atoms with van der Waals surface area (Å²) >= 11 is 0. The quantitative estimate of drug-likeness (QED) is 0.661. The molecule has 0 aliphatic carbocycles. The Bertz CT molecular complexity index is 969. The number of ether oxygens (including phenoxy) is 1. The van der Waals surface area contributed by atoms with Gasteiger partial charge in [-0.3, -0.25) is 34.3 Å². The maximum absolute atomic E-state index is 13.2. The summed E-state index contributed by atoms with van der Waals surface area (Å²) in [5.74, 6) is -1.90. The SMILES string of the molecule is NC1COC2(CCN(Cc3cccc4c3C(=O)N(C3CCC(=O)NC3=O)C4=O)CC2)C1. The van der Waals surface area contributed by atoms with Gasteiger partial charge in [-0.15, -0.1) is 0 Å². The van der Waals surface area contributed by atoms with Gasteiger partial charge in [0.05, 0.1) is 23.3 Å². The number of imide groups is 2. The lowest BCUT2D eigenvalue weighted by atomic mass is 9.87. The standard InChI is InChI=1S/C22H26N4O5/c23-14-10-22(31-12-14)6-8-25(9-7-22)11-13-2-1-3-15-18(13)21(30)26(20(15)29)16-4-5-17(27)24-19(16)28/h1-3,14,16H,4-12,23H2,(H,24,27,28). The zero-order chi connectivity index (χ0) is 21.8. The van der Waals surface area contributed by atoms with Crippen LogP contribution in [0.25, 0.3) is 0 Å². The second kappa shape index (κ2) is 7.51. The molecule has 0 aromatic heterocycles. The molecule has 9 heteroatoms. The Morgan fingerprint density at radius 2 is 1.90 bits per heavy atom. The van der Waals surface area contributed by atoms with E-state index in [9.17, 15) is 19.2 Å². The Hall–Kier alpha value is -2.62. The summed E-state index contributed by atoms with van der Waals surface area (Å²) in [4.78, 5) is 53.2. The Morgan fingerprint density at radius 3 is 2.58 bits per heavy atom. The third-order valence-corrected chi connectivity index (χ3v) is 6.95. The van der Waals surface area contributed by atoms with Crippen molar-refractivity contribution in [1.29, 1.82) is 0 Å². The second-order valence-electron chi connectivity index (χ2n) is 9.02. The van der Waals surface area contributed by atoms with Gasteiger partial charge in [-0.2, -0.15) is 0 Å². The van der Waals surface area contributed by atoms with Crippen molar-refractivity contribution in [2.24, 2.45) is 5.73 Å². The zero-order valence-electron chi connectivity index (χ0n) is 17.3. The molecule has 4 heterocycles. The van der Waals surface area contributed by atoms with E-state index >= 15 is 0 Å². The fourth-order valence-corrected chi connectivity index (χ4v) is 5.30. The number of nitrogens with two attached hydrogens (primary N) is 1. The minimum absolute atomic E-state index is 0.103. The van der Waals surface area contributed by atoms with E-state index in [2.05, 4.69) is 10.2 Å². The molecule has 1 aromatic rings. The molecule has 9 nitrogen and oxygen atoms in total. The molecule has 0 radical (unpaired) electrons. The van der Waals surface area contributed by atoms with E-state index in [0.717, 1.165) is 42.8 Å². The molecule has 0 bridgehead atoms. The Morgan fingerprint density at radius 1 is 1.13 bits per heavy atom. The molecule has 1 aromatic carbocycles. The van der Waals surface area contributed by atoms with Gasteiger partial charge >= 0.3 is 0 Å². The summed E-state index contributed by atoms with van der Waals surface area (Å²) in [5, 5.41) is 2.23. The van der Waals surface area contributed by atoms with E-state index in [1.54, 1.807) is 12.1 Å². The summed E-state index contributed by atoms with van der Waals surface area (Å²) in [5.41, 5.74) is 7.38. The summed E-state index contributed by atoms with van der Waals surface area (Å²) < 4.78 is 5.98. The number of nitrogens with one attached hydrogen (secondary N) is 1. The number of amides is 4. The van der Waals surface area contributed by atoms with Crippen LogP contribution in [0.3, 0.4) is 0 Å². The van der Waals surface area contributed by atoms with Gasteiger partial charge in [0, 0.05) is 32.1 Å². The number of carbonyl (C=O) groups is 4. The number of hydrogen-bond acceptors (Lipinski definition) is 7. The first-order valence-corrected chi connectivity index (χ1v) is 10.8. The highest BCUT2D eigenvalue weighted by atomic mass is 16.5. The molecule has 31 heavy (non-hydrogen) atoms. The second-order valence-corrected chi connectivity index (χ2v) is 9.02. The average Bonchev–Trinajstić information content (AvgIpc) is 3.22. The molecule has 4 amide bonds. The molecule has 2 atom stereocenters. The number of piperidine rings is 2. The lowest BCUT2D eigenvalue weighted by molar-refractivity contribution is -0.136. The maximum atomic E-state index is 13.2. The van der Waals surface area contributed by atoms with Gasteiger partial charge in [-0.1, -0.05) is 12.1 Å². The Kier molecular flexibility index (Phi) is 4.91. The van der Waals surface area contributed by atoms with Gasteiger partial charge < -0.3 is 10.5 Å². The number of fused-ring (bicyclic) bond motifs is 1. The van der Waals surface area contributed by atoms with Gasteiger partial charge in [0.1, 0.15) is 6.04 Å². The fourth-order valence-electron chi connectivity index (χ4n) is 5.30. The lowest BCUT2D eigenvalue weighted by Crippen LogP contribution is -2.54. The highest BCUT2D eigenvalue weighted by Crippen LogP contribution is 2.36. The number of carbonyl (C=O) groups excluding carboxylic acids is 4. The molecule has 164 valence electrons. The first-order valence-electron chi connectivity index (χ1n) is 10.8.